The molecule has 0 aliphatic rings. The van der Waals surface area contributed by atoms with Crippen molar-refractivity contribution in [2.24, 2.45) is 0 Å². The molecule has 0 saturated heterocycles. The Morgan fingerprint density at radius 1 is 1.73 bits per heavy atom. The summed E-state index contributed by atoms with van der Waals surface area (Å²) >= 11 is 3.58. The summed E-state index contributed by atoms with van der Waals surface area (Å²) in [4.78, 5) is 0.551. The molecule has 0 bridgehead atoms. The second kappa shape index (κ2) is 6.49. The molecule has 0 heterocycles. The highest BCUT2D eigenvalue weighted by molar-refractivity contribution is 9.09. The molecule has 0 nitrogen and oxygen atoms in total. The maximum atomic E-state index is 5.15. The van der Waals surface area contributed by atoms with Crippen molar-refractivity contribution in [2.75, 3.05) is 0 Å². The second-order valence-corrected chi connectivity index (χ2v) is 3.97. The number of terminal acetylenes is 1. The van der Waals surface area contributed by atoms with Crippen LogP contribution in [0.3, 0.4) is 0 Å². The first kappa shape index (κ1) is 10.8. The van der Waals surface area contributed by atoms with E-state index in [1.807, 2.05) is 0 Å². The summed E-state index contributed by atoms with van der Waals surface area (Å²) in [6, 6.07) is 0. The molecule has 0 spiro atoms. The molecule has 0 radical (unpaired) electrons. The van der Waals surface area contributed by atoms with E-state index in [-0.39, 0.29) is 0 Å². The van der Waals surface area contributed by atoms with Gasteiger partial charge in [0.25, 0.3) is 0 Å². The number of allylic oxidation sites excluding steroid dienone is 2. The number of hydrogen-bond donors (Lipinski definition) is 0. The normalized spacial score (nSPS) is 14.2. The summed E-state index contributed by atoms with van der Waals surface area (Å²) < 4.78 is 0. The lowest BCUT2D eigenvalue weighted by Gasteiger charge is -2.06. The maximum Gasteiger partial charge on any atom is 0.0191 e. The Bertz CT molecular complexity index is 162. The van der Waals surface area contributed by atoms with Gasteiger partial charge in [-0.25, -0.2) is 0 Å². The van der Waals surface area contributed by atoms with E-state index >= 15 is 0 Å². The molecule has 0 rings (SSSR count). The van der Waals surface area contributed by atoms with Gasteiger partial charge in [-0.3, -0.25) is 0 Å². The van der Waals surface area contributed by atoms with Gasteiger partial charge >= 0.3 is 0 Å². The lowest BCUT2D eigenvalue weighted by Crippen LogP contribution is -1.97. The second-order valence-electron chi connectivity index (χ2n) is 2.68. The molecule has 62 valence electrons. The molecule has 0 N–H and O–H groups in total. The molecule has 0 amide bonds. The minimum atomic E-state index is 0.551. The Hall–Kier alpha value is -0.220. The van der Waals surface area contributed by atoms with Crippen LogP contribution in [0.5, 0.6) is 0 Å². The van der Waals surface area contributed by atoms with Crippen molar-refractivity contribution < 1.29 is 0 Å². The van der Waals surface area contributed by atoms with Gasteiger partial charge in [0, 0.05) is 11.2 Å². The van der Waals surface area contributed by atoms with Crippen molar-refractivity contribution in [3.8, 4) is 12.3 Å². The Morgan fingerprint density at radius 3 is 2.82 bits per heavy atom. The van der Waals surface area contributed by atoms with E-state index in [1.165, 1.54) is 5.57 Å². The van der Waals surface area contributed by atoms with Crippen molar-refractivity contribution in [2.45, 2.75) is 37.9 Å². The van der Waals surface area contributed by atoms with E-state index in [1.54, 1.807) is 0 Å². The van der Waals surface area contributed by atoms with Crippen molar-refractivity contribution >= 4 is 15.9 Å². The van der Waals surface area contributed by atoms with Crippen LogP contribution in [0.4, 0.5) is 0 Å². The van der Waals surface area contributed by atoms with Crippen LogP contribution < -0.4 is 0 Å². The number of halogens is 1. The van der Waals surface area contributed by atoms with Gasteiger partial charge < -0.3 is 0 Å². The Labute approximate surface area is 78.2 Å². The molecule has 0 aromatic carbocycles. The molecule has 0 fully saturated rings. The molecule has 0 saturated carbocycles. The van der Waals surface area contributed by atoms with Crippen LogP contribution in [-0.4, -0.2) is 4.83 Å². The van der Waals surface area contributed by atoms with Crippen molar-refractivity contribution in [1.29, 1.82) is 0 Å². The minimum Gasteiger partial charge on any atom is -0.120 e. The molecule has 1 unspecified atom stereocenters. The average molecular weight is 215 g/mol. The molecule has 0 aromatic heterocycles. The maximum absolute atomic E-state index is 5.15. The first-order valence-electron chi connectivity index (χ1n) is 3.90. The van der Waals surface area contributed by atoms with Crippen LogP contribution >= 0.6 is 15.9 Å². The van der Waals surface area contributed by atoms with Crippen molar-refractivity contribution in [3.05, 3.63) is 11.6 Å². The summed E-state index contributed by atoms with van der Waals surface area (Å²) in [7, 11) is 0. The predicted octanol–water partition coefficient (Wildman–Crippen LogP) is 3.52. The van der Waals surface area contributed by atoms with Crippen molar-refractivity contribution in [1.82, 2.24) is 0 Å². The van der Waals surface area contributed by atoms with Crippen LogP contribution in [0, 0.1) is 12.3 Å². The molecular weight excluding hydrogens is 200 g/mol. The third-order valence-corrected chi connectivity index (χ3v) is 2.42. The summed E-state index contributed by atoms with van der Waals surface area (Å²) in [6.07, 6.45) is 10.3. The van der Waals surface area contributed by atoms with Crippen molar-refractivity contribution in [3.63, 3.8) is 0 Å². The van der Waals surface area contributed by atoms with Gasteiger partial charge in [0.2, 0.25) is 0 Å². The fourth-order valence-electron chi connectivity index (χ4n) is 0.809. The Kier molecular flexibility index (Phi) is 6.36. The third-order valence-electron chi connectivity index (χ3n) is 1.64. The average Bonchev–Trinajstić information content (AvgIpc) is 2.00. The SMILES string of the molecule is C#CCCC(Br)C/C(C)=C\C. The number of rotatable bonds is 4. The molecule has 0 aliphatic carbocycles. The molecule has 1 atom stereocenters. The fourth-order valence-corrected chi connectivity index (χ4v) is 1.55. The topological polar surface area (TPSA) is 0 Å². The lowest BCUT2D eigenvalue weighted by atomic mass is 10.1. The zero-order valence-electron chi connectivity index (χ0n) is 7.23. The van der Waals surface area contributed by atoms with E-state index in [0.29, 0.717) is 4.83 Å². The van der Waals surface area contributed by atoms with E-state index < -0.39 is 0 Å². The zero-order valence-corrected chi connectivity index (χ0v) is 8.82. The Morgan fingerprint density at radius 2 is 2.36 bits per heavy atom. The summed E-state index contributed by atoms with van der Waals surface area (Å²) in [5.74, 6) is 2.64. The lowest BCUT2D eigenvalue weighted by molar-refractivity contribution is 0.781. The van der Waals surface area contributed by atoms with Gasteiger partial charge in [-0.2, -0.15) is 0 Å². The molecule has 11 heavy (non-hydrogen) atoms. The van der Waals surface area contributed by atoms with Gasteiger partial charge in [-0.15, -0.1) is 12.3 Å². The van der Waals surface area contributed by atoms with Gasteiger partial charge in [-0.1, -0.05) is 27.6 Å². The van der Waals surface area contributed by atoms with E-state index in [9.17, 15) is 0 Å². The van der Waals surface area contributed by atoms with Crippen LogP contribution in [0.15, 0.2) is 11.6 Å². The molecule has 0 aromatic rings. The third kappa shape index (κ3) is 6.19. The standard InChI is InChI=1S/C10H15Br/c1-4-6-7-10(11)8-9(3)5-2/h1,5,10H,6-8H2,2-3H3/b9-5-. The highest BCUT2D eigenvalue weighted by Gasteiger charge is 2.02. The monoisotopic (exact) mass is 214 g/mol. The molecule has 1 heteroatoms. The van der Waals surface area contributed by atoms with Crippen LogP contribution in [0.1, 0.15) is 33.1 Å². The predicted molar refractivity (Wildman–Crippen MR) is 54.8 cm³/mol. The summed E-state index contributed by atoms with van der Waals surface area (Å²) in [6.45, 7) is 4.21. The first-order valence-corrected chi connectivity index (χ1v) is 4.81. The summed E-state index contributed by atoms with van der Waals surface area (Å²) in [5, 5.41) is 0. The van der Waals surface area contributed by atoms with Gasteiger partial charge in [-0.05, 0) is 26.7 Å². The largest absolute Gasteiger partial charge is 0.120 e. The number of hydrogen-bond acceptors (Lipinski definition) is 0. The number of alkyl halides is 1. The quantitative estimate of drug-likeness (QED) is 0.382. The van der Waals surface area contributed by atoms with Gasteiger partial charge in [0.1, 0.15) is 0 Å². The highest BCUT2D eigenvalue weighted by atomic mass is 79.9. The summed E-state index contributed by atoms with van der Waals surface area (Å²) in [5.41, 5.74) is 1.42. The van der Waals surface area contributed by atoms with E-state index in [0.717, 1.165) is 19.3 Å². The molecular formula is C10H15Br. The zero-order chi connectivity index (χ0) is 8.69. The first-order chi connectivity index (χ1) is 5.20. The smallest absolute Gasteiger partial charge is 0.0191 e. The minimum absolute atomic E-state index is 0.551. The van der Waals surface area contributed by atoms with Gasteiger partial charge in [0.15, 0.2) is 0 Å². The van der Waals surface area contributed by atoms with Crippen LogP contribution in [0.25, 0.3) is 0 Å². The van der Waals surface area contributed by atoms with E-state index in [2.05, 4.69) is 41.8 Å². The highest BCUT2D eigenvalue weighted by Crippen LogP contribution is 2.16. The van der Waals surface area contributed by atoms with Crippen LogP contribution in [-0.2, 0) is 0 Å². The molecule has 0 aliphatic heterocycles. The van der Waals surface area contributed by atoms with Crippen LogP contribution in [0.2, 0.25) is 0 Å². The van der Waals surface area contributed by atoms with Gasteiger partial charge in [0.05, 0.1) is 0 Å². The fraction of sp³-hybridized carbons (Fsp3) is 0.600. The Balaban J connectivity index is 3.53. The van der Waals surface area contributed by atoms with E-state index in [4.69, 9.17) is 6.42 Å².